The number of benzene rings is 1. The van der Waals surface area contributed by atoms with Crippen molar-refractivity contribution in [1.82, 2.24) is 5.32 Å². The van der Waals surface area contributed by atoms with Gasteiger partial charge in [0.15, 0.2) is 4.67 Å². The molecular weight excluding hydrogens is 304 g/mol. The molecule has 0 saturated heterocycles. The SMILES string of the molecule is CCNC(c1cc(F)cc(F)c1)c1ccoc1Br. The smallest absolute Gasteiger partial charge is 0.174 e. The van der Waals surface area contributed by atoms with E-state index in [2.05, 4.69) is 21.2 Å². The van der Waals surface area contributed by atoms with Crippen LogP contribution in [-0.2, 0) is 0 Å². The lowest BCUT2D eigenvalue weighted by atomic mass is 10.0. The Hall–Kier alpha value is -1.20. The average Bonchev–Trinajstić information content (AvgIpc) is 2.71. The summed E-state index contributed by atoms with van der Waals surface area (Å²) in [6.45, 7) is 2.59. The zero-order valence-corrected chi connectivity index (χ0v) is 11.3. The number of hydrogen-bond acceptors (Lipinski definition) is 2. The first-order valence-corrected chi connectivity index (χ1v) is 6.33. The van der Waals surface area contributed by atoms with Crippen LogP contribution in [0.1, 0.15) is 24.1 Å². The maximum absolute atomic E-state index is 13.3. The summed E-state index contributed by atoms with van der Waals surface area (Å²) in [4.78, 5) is 0. The molecule has 2 rings (SSSR count). The van der Waals surface area contributed by atoms with Gasteiger partial charge in [-0.2, -0.15) is 0 Å². The summed E-state index contributed by atoms with van der Waals surface area (Å²) in [5.74, 6) is -1.18. The fraction of sp³-hybridized carbons (Fsp3) is 0.231. The van der Waals surface area contributed by atoms with Crippen LogP contribution in [0.3, 0.4) is 0 Å². The van der Waals surface area contributed by atoms with E-state index in [4.69, 9.17) is 4.42 Å². The summed E-state index contributed by atoms with van der Waals surface area (Å²) in [5, 5.41) is 3.17. The van der Waals surface area contributed by atoms with Crippen LogP contribution < -0.4 is 5.32 Å². The van der Waals surface area contributed by atoms with Crippen LogP contribution in [-0.4, -0.2) is 6.54 Å². The molecule has 0 radical (unpaired) electrons. The molecule has 0 aliphatic heterocycles. The number of halogens is 3. The Morgan fingerprint density at radius 2 is 1.94 bits per heavy atom. The minimum Gasteiger partial charge on any atom is -0.457 e. The lowest BCUT2D eigenvalue weighted by Crippen LogP contribution is -2.22. The molecule has 2 aromatic rings. The molecule has 0 aliphatic rings. The van der Waals surface area contributed by atoms with Crippen molar-refractivity contribution in [3.63, 3.8) is 0 Å². The van der Waals surface area contributed by atoms with E-state index in [0.717, 1.165) is 11.6 Å². The van der Waals surface area contributed by atoms with Crippen molar-refractivity contribution in [2.75, 3.05) is 6.54 Å². The van der Waals surface area contributed by atoms with Crippen LogP contribution >= 0.6 is 15.9 Å². The van der Waals surface area contributed by atoms with E-state index >= 15 is 0 Å². The quantitative estimate of drug-likeness (QED) is 0.922. The van der Waals surface area contributed by atoms with Crippen molar-refractivity contribution in [3.05, 3.63) is 58.0 Å². The van der Waals surface area contributed by atoms with Crippen molar-refractivity contribution >= 4 is 15.9 Å². The van der Waals surface area contributed by atoms with Gasteiger partial charge in [-0.3, -0.25) is 0 Å². The monoisotopic (exact) mass is 315 g/mol. The summed E-state index contributed by atoms with van der Waals surface area (Å²) in [6.07, 6.45) is 1.53. The third kappa shape index (κ3) is 2.79. The van der Waals surface area contributed by atoms with Gasteiger partial charge < -0.3 is 9.73 Å². The lowest BCUT2D eigenvalue weighted by molar-refractivity contribution is 0.523. The Kier molecular flexibility index (Phi) is 4.14. The van der Waals surface area contributed by atoms with E-state index in [1.807, 2.05) is 6.92 Å². The Balaban J connectivity index is 2.44. The summed E-state index contributed by atoms with van der Waals surface area (Å²) in [6, 6.07) is 4.94. The zero-order chi connectivity index (χ0) is 13.1. The summed E-state index contributed by atoms with van der Waals surface area (Å²) in [7, 11) is 0. The highest BCUT2D eigenvalue weighted by Crippen LogP contribution is 2.30. The van der Waals surface area contributed by atoms with E-state index in [-0.39, 0.29) is 6.04 Å². The highest BCUT2D eigenvalue weighted by molar-refractivity contribution is 9.10. The second-order valence-corrected chi connectivity index (χ2v) is 4.56. The largest absolute Gasteiger partial charge is 0.457 e. The van der Waals surface area contributed by atoms with Gasteiger partial charge in [-0.05, 0) is 46.2 Å². The van der Waals surface area contributed by atoms with Crippen molar-refractivity contribution < 1.29 is 13.2 Å². The molecular formula is C13H12BrF2NO. The second-order valence-electron chi connectivity index (χ2n) is 3.84. The number of nitrogens with one attached hydrogen (secondary N) is 1. The summed E-state index contributed by atoms with van der Waals surface area (Å²) < 4.78 is 32.3. The maximum Gasteiger partial charge on any atom is 0.174 e. The van der Waals surface area contributed by atoms with E-state index in [0.29, 0.717) is 16.8 Å². The highest BCUT2D eigenvalue weighted by Gasteiger charge is 2.19. The van der Waals surface area contributed by atoms with Crippen molar-refractivity contribution in [1.29, 1.82) is 0 Å². The molecule has 1 aromatic heterocycles. The molecule has 1 heterocycles. The molecule has 5 heteroatoms. The van der Waals surface area contributed by atoms with Crippen molar-refractivity contribution in [2.45, 2.75) is 13.0 Å². The van der Waals surface area contributed by atoms with Gasteiger partial charge in [-0.15, -0.1) is 0 Å². The molecule has 96 valence electrons. The average molecular weight is 316 g/mol. The summed E-state index contributed by atoms with van der Waals surface area (Å²) >= 11 is 3.28. The second kappa shape index (κ2) is 5.63. The summed E-state index contributed by atoms with van der Waals surface area (Å²) in [5.41, 5.74) is 1.33. The first-order chi connectivity index (χ1) is 8.61. The molecule has 0 saturated carbocycles. The maximum atomic E-state index is 13.3. The van der Waals surface area contributed by atoms with Crippen LogP contribution in [0.4, 0.5) is 8.78 Å². The van der Waals surface area contributed by atoms with Gasteiger partial charge in [0.25, 0.3) is 0 Å². The van der Waals surface area contributed by atoms with Crippen LogP contribution in [0.5, 0.6) is 0 Å². The van der Waals surface area contributed by atoms with E-state index in [1.165, 1.54) is 18.4 Å². The van der Waals surface area contributed by atoms with Gasteiger partial charge in [0.05, 0.1) is 12.3 Å². The molecule has 18 heavy (non-hydrogen) atoms. The Morgan fingerprint density at radius 1 is 1.28 bits per heavy atom. The van der Waals surface area contributed by atoms with Gasteiger partial charge in [-0.25, -0.2) is 8.78 Å². The van der Waals surface area contributed by atoms with Crippen LogP contribution in [0.2, 0.25) is 0 Å². The third-order valence-corrected chi connectivity index (χ3v) is 3.23. The molecule has 1 N–H and O–H groups in total. The standard InChI is InChI=1S/C13H12BrF2NO/c1-2-17-12(11-3-4-18-13(11)14)8-5-9(15)7-10(16)6-8/h3-7,12,17H,2H2,1H3. The molecule has 0 spiro atoms. The fourth-order valence-electron chi connectivity index (χ4n) is 1.86. The predicted octanol–water partition coefficient (Wildman–Crippen LogP) is 4.02. The van der Waals surface area contributed by atoms with Crippen LogP contribution in [0.15, 0.2) is 39.6 Å². The molecule has 0 bridgehead atoms. The third-order valence-electron chi connectivity index (χ3n) is 2.58. The molecule has 1 aromatic carbocycles. The van der Waals surface area contributed by atoms with Crippen LogP contribution in [0.25, 0.3) is 0 Å². The highest BCUT2D eigenvalue weighted by atomic mass is 79.9. The first-order valence-electron chi connectivity index (χ1n) is 5.54. The van der Waals surface area contributed by atoms with Crippen molar-refractivity contribution in [3.8, 4) is 0 Å². The number of hydrogen-bond donors (Lipinski definition) is 1. The minimum absolute atomic E-state index is 0.312. The van der Waals surface area contributed by atoms with Crippen LogP contribution in [0, 0.1) is 11.6 Å². The van der Waals surface area contributed by atoms with Gasteiger partial charge in [0.2, 0.25) is 0 Å². The van der Waals surface area contributed by atoms with Gasteiger partial charge >= 0.3 is 0 Å². The van der Waals surface area contributed by atoms with Gasteiger partial charge in [-0.1, -0.05) is 6.92 Å². The van der Waals surface area contributed by atoms with E-state index in [1.54, 1.807) is 6.07 Å². The normalized spacial score (nSPS) is 12.7. The molecule has 0 aliphatic carbocycles. The topological polar surface area (TPSA) is 25.2 Å². The van der Waals surface area contributed by atoms with E-state index in [9.17, 15) is 8.78 Å². The lowest BCUT2D eigenvalue weighted by Gasteiger charge is -2.17. The molecule has 0 amide bonds. The number of furan rings is 1. The molecule has 1 unspecified atom stereocenters. The Labute approximate surface area is 112 Å². The Morgan fingerprint density at radius 3 is 2.44 bits per heavy atom. The zero-order valence-electron chi connectivity index (χ0n) is 9.71. The predicted molar refractivity (Wildman–Crippen MR) is 68.3 cm³/mol. The van der Waals surface area contributed by atoms with E-state index < -0.39 is 11.6 Å². The van der Waals surface area contributed by atoms with Crippen molar-refractivity contribution in [2.24, 2.45) is 0 Å². The van der Waals surface area contributed by atoms with Gasteiger partial charge in [0, 0.05) is 11.6 Å². The molecule has 2 nitrogen and oxygen atoms in total. The van der Waals surface area contributed by atoms with Gasteiger partial charge in [0.1, 0.15) is 11.6 Å². The molecule has 1 atom stereocenters. The Bertz CT molecular complexity index is 521. The number of rotatable bonds is 4. The first kappa shape index (κ1) is 13.2. The fourth-order valence-corrected chi connectivity index (χ4v) is 2.33. The minimum atomic E-state index is -0.590. The molecule has 0 fully saturated rings.